The summed E-state index contributed by atoms with van der Waals surface area (Å²) in [5.74, 6) is 0. The van der Waals surface area contributed by atoms with Crippen molar-refractivity contribution in [3.05, 3.63) is 3.75 Å². The van der Waals surface area contributed by atoms with E-state index >= 15 is 0 Å². The summed E-state index contributed by atoms with van der Waals surface area (Å²) < 4.78 is 0.174. The van der Waals surface area contributed by atoms with Gasteiger partial charge in [-0.2, -0.15) is 0 Å². The lowest BCUT2D eigenvalue weighted by atomic mass is 11.9. The molecule has 0 amide bonds. The zero-order chi connectivity index (χ0) is 3.58. The van der Waals surface area contributed by atoms with Crippen LogP contribution < -0.4 is 0 Å². The standard InChI is InChI=1S/CBrCl2/c2-1(3)4/q-1. The Balaban J connectivity index is 2.32. The van der Waals surface area contributed by atoms with Gasteiger partial charge in [0.25, 0.3) is 0 Å². The van der Waals surface area contributed by atoms with Gasteiger partial charge in [-0.15, -0.1) is 0 Å². The molecule has 0 aliphatic rings. The molecule has 0 aliphatic heterocycles. The second kappa shape index (κ2) is 2.31. The van der Waals surface area contributed by atoms with E-state index in [9.17, 15) is 0 Å². The van der Waals surface area contributed by atoms with Crippen molar-refractivity contribution in [2.75, 3.05) is 0 Å². The molecule has 0 N–H and O–H groups in total. The lowest BCUT2D eigenvalue weighted by Gasteiger charge is -1.93. The molecular weight excluding hydrogens is 163 g/mol. The molecule has 3 heteroatoms. The molecule has 0 atom stereocenters. The zero-order valence-electron chi connectivity index (χ0n) is 1.63. The van der Waals surface area contributed by atoms with E-state index in [1.165, 1.54) is 0 Å². The summed E-state index contributed by atoms with van der Waals surface area (Å²) >= 11 is 12.5. The van der Waals surface area contributed by atoms with Crippen LogP contribution in [0.5, 0.6) is 0 Å². The van der Waals surface area contributed by atoms with Crippen LogP contribution in [0.4, 0.5) is 0 Å². The van der Waals surface area contributed by atoms with Gasteiger partial charge in [-0.3, -0.25) is 15.9 Å². The van der Waals surface area contributed by atoms with E-state index in [4.69, 9.17) is 23.2 Å². The predicted molar refractivity (Wildman–Crippen MR) is 23.9 cm³/mol. The van der Waals surface area contributed by atoms with Crippen LogP contribution >= 0.6 is 39.1 Å². The van der Waals surface area contributed by atoms with Crippen molar-refractivity contribution in [1.82, 2.24) is 0 Å². The van der Waals surface area contributed by atoms with Gasteiger partial charge in [0.05, 0.1) is 0 Å². The summed E-state index contributed by atoms with van der Waals surface area (Å²) in [7, 11) is 0. The van der Waals surface area contributed by atoms with Crippen molar-refractivity contribution in [3.63, 3.8) is 0 Å². The second-order valence-electron chi connectivity index (χ2n) is 0.214. The van der Waals surface area contributed by atoms with Crippen LogP contribution in [0.2, 0.25) is 0 Å². The molecule has 0 heterocycles. The summed E-state index contributed by atoms with van der Waals surface area (Å²) in [6, 6.07) is 0. The largest absolute Gasteiger partial charge is 0.317 e. The molecule has 0 unspecified atom stereocenters. The van der Waals surface area contributed by atoms with Crippen molar-refractivity contribution >= 4 is 39.1 Å². The Morgan fingerprint density at radius 3 is 1.50 bits per heavy atom. The molecule has 0 bridgehead atoms. The summed E-state index contributed by atoms with van der Waals surface area (Å²) in [5.41, 5.74) is 0. The highest BCUT2D eigenvalue weighted by Gasteiger charge is 1.54. The first-order valence-electron chi connectivity index (χ1n) is 0.567. The van der Waals surface area contributed by atoms with Crippen molar-refractivity contribution < 1.29 is 0 Å². The van der Waals surface area contributed by atoms with E-state index in [0.717, 1.165) is 0 Å². The SMILES string of the molecule is Cl[C-](Cl)Br. The molecular formula is CBrCl2-. The van der Waals surface area contributed by atoms with Crippen LogP contribution in [-0.2, 0) is 0 Å². The highest BCUT2D eigenvalue weighted by atomic mass is 79.9. The number of hydrogen-bond donors (Lipinski definition) is 0. The van der Waals surface area contributed by atoms with Gasteiger partial charge in [-0.25, -0.2) is 0 Å². The minimum atomic E-state index is 0.174. The Labute approximate surface area is 43.2 Å². The van der Waals surface area contributed by atoms with Crippen LogP contribution in [0.25, 0.3) is 0 Å². The van der Waals surface area contributed by atoms with E-state index in [1.54, 1.807) is 0 Å². The van der Waals surface area contributed by atoms with Gasteiger partial charge in [0, 0.05) is 0 Å². The van der Waals surface area contributed by atoms with Gasteiger partial charge in [0.15, 0.2) is 0 Å². The van der Waals surface area contributed by atoms with Crippen molar-refractivity contribution in [1.29, 1.82) is 0 Å². The number of halogens is 3. The minimum Gasteiger partial charge on any atom is -0.317 e. The fourth-order valence-electron chi connectivity index (χ4n) is 0. The van der Waals surface area contributed by atoms with E-state index in [-0.39, 0.29) is 3.75 Å². The molecule has 0 radical (unpaired) electrons. The smallest absolute Gasteiger partial charge is 0.0831 e. The number of hydrogen-bond acceptors (Lipinski definition) is 0. The first-order valence-corrected chi connectivity index (χ1v) is 2.12. The van der Waals surface area contributed by atoms with Crippen molar-refractivity contribution in [2.45, 2.75) is 0 Å². The van der Waals surface area contributed by atoms with E-state index in [1.807, 2.05) is 0 Å². The van der Waals surface area contributed by atoms with E-state index < -0.39 is 0 Å². The fraction of sp³-hybridized carbons (Fsp3) is 0. The molecule has 0 nitrogen and oxygen atoms in total. The molecule has 0 spiro atoms. The molecule has 0 aliphatic carbocycles. The molecule has 26 valence electrons. The molecule has 4 heavy (non-hydrogen) atoms. The molecule has 0 saturated heterocycles. The fourth-order valence-corrected chi connectivity index (χ4v) is 0. The molecule has 0 aromatic heterocycles. The third kappa shape index (κ3) is 11.6. The van der Waals surface area contributed by atoms with Gasteiger partial charge < -0.3 is 23.2 Å². The maximum atomic E-state index is 4.87. The van der Waals surface area contributed by atoms with Crippen molar-refractivity contribution in [3.8, 4) is 0 Å². The zero-order valence-corrected chi connectivity index (χ0v) is 4.73. The normalized spacial score (nSPS) is 9.00. The monoisotopic (exact) mass is 161 g/mol. The van der Waals surface area contributed by atoms with Crippen LogP contribution in [0.1, 0.15) is 0 Å². The predicted octanol–water partition coefficient (Wildman–Crippen LogP) is 2.31. The van der Waals surface area contributed by atoms with Crippen LogP contribution in [0.15, 0.2) is 0 Å². The summed E-state index contributed by atoms with van der Waals surface area (Å²) in [6.45, 7) is 0. The quantitative estimate of drug-likeness (QED) is 0.480. The van der Waals surface area contributed by atoms with Crippen molar-refractivity contribution in [2.24, 2.45) is 0 Å². The first kappa shape index (κ1) is 5.06. The van der Waals surface area contributed by atoms with Crippen LogP contribution in [-0.4, -0.2) is 0 Å². The van der Waals surface area contributed by atoms with Gasteiger partial charge in [-0.05, 0) is 0 Å². The maximum Gasteiger partial charge on any atom is -0.0831 e. The van der Waals surface area contributed by atoms with Gasteiger partial charge >= 0.3 is 0 Å². The lowest BCUT2D eigenvalue weighted by Crippen LogP contribution is -1.35. The molecule has 0 aromatic carbocycles. The molecule has 0 rings (SSSR count). The average Bonchev–Trinajstić information content (AvgIpc) is 0.811. The summed E-state index contributed by atoms with van der Waals surface area (Å²) in [5, 5.41) is 0. The highest BCUT2D eigenvalue weighted by molar-refractivity contribution is 9.12. The minimum absolute atomic E-state index is 0.174. The topological polar surface area (TPSA) is 0 Å². The Hall–Kier alpha value is 1.06. The Morgan fingerprint density at radius 2 is 1.50 bits per heavy atom. The third-order valence-electron chi connectivity index (χ3n) is 0. The summed E-state index contributed by atoms with van der Waals surface area (Å²) in [4.78, 5) is 0. The Kier molecular flexibility index (Phi) is 2.92. The van der Waals surface area contributed by atoms with Crippen LogP contribution in [0, 0.1) is 3.75 Å². The molecule has 0 saturated carbocycles. The number of rotatable bonds is 0. The maximum absolute atomic E-state index is 4.87. The van der Waals surface area contributed by atoms with Gasteiger partial charge in [0.2, 0.25) is 0 Å². The average molecular weight is 163 g/mol. The van der Waals surface area contributed by atoms with Gasteiger partial charge in [0.1, 0.15) is 0 Å². The Bertz CT molecular complexity index is 10.8. The first-order chi connectivity index (χ1) is 1.73. The molecule has 0 fully saturated rings. The van der Waals surface area contributed by atoms with E-state index in [2.05, 4.69) is 15.9 Å². The van der Waals surface area contributed by atoms with E-state index in [0.29, 0.717) is 0 Å². The second-order valence-corrected chi connectivity index (χ2v) is 2.87. The highest BCUT2D eigenvalue weighted by Crippen LogP contribution is 2.18. The van der Waals surface area contributed by atoms with Gasteiger partial charge in [-0.1, -0.05) is 3.75 Å². The lowest BCUT2D eigenvalue weighted by molar-refractivity contribution is 2.49. The van der Waals surface area contributed by atoms with Crippen LogP contribution in [0.3, 0.4) is 0 Å². The Morgan fingerprint density at radius 1 is 1.50 bits per heavy atom. The third-order valence-corrected chi connectivity index (χ3v) is 0. The summed E-state index contributed by atoms with van der Waals surface area (Å²) in [6.07, 6.45) is 0. The molecule has 0 aromatic rings.